The molecule has 0 bridgehead atoms. The number of carbonyl (C=O) groups excluding carboxylic acids is 1. The molecule has 0 aromatic heterocycles. The normalized spacial score (nSPS) is 13.9. The van der Waals surface area contributed by atoms with Crippen molar-refractivity contribution in [2.45, 2.75) is 17.4 Å². The van der Waals surface area contributed by atoms with E-state index in [1.165, 1.54) is 25.8 Å². The highest BCUT2D eigenvalue weighted by molar-refractivity contribution is 7.98. The van der Waals surface area contributed by atoms with Crippen molar-refractivity contribution in [3.05, 3.63) is 24.3 Å². The first kappa shape index (κ1) is 13.9. The topological polar surface area (TPSA) is 55.8 Å². The maximum Gasteiger partial charge on any atom is 0.341 e. The monoisotopic (exact) mass is 256 g/mol. The lowest BCUT2D eigenvalue weighted by atomic mass is 10.1. The number of carbonyl (C=O) groups is 1. The molecule has 0 aliphatic heterocycles. The van der Waals surface area contributed by atoms with Crippen molar-refractivity contribution in [3.8, 4) is 5.75 Å². The average Bonchev–Trinajstić information content (AvgIpc) is 2.35. The Labute approximate surface area is 105 Å². The number of benzene rings is 1. The number of thioether (sulfide) groups is 1. The number of hydrogen-bond donors (Lipinski definition) is 1. The van der Waals surface area contributed by atoms with Crippen LogP contribution < -0.4 is 4.74 Å². The van der Waals surface area contributed by atoms with Crippen LogP contribution in [0.4, 0.5) is 0 Å². The SMILES string of the molecule is COC(=O)C(C)(O)COc1ccccc1SC. The lowest BCUT2D eigenvalue weighted by Crippen LogP contribution is -2.42. The van der Waals surface area contributed by atoms with Crippen LogP contribution in [0.5, 0.6) is 5.75 Å². The molecular weight excluding hydrogens is 240 g/mol. The number of esters is 1. The summed E-state index contributed by atoms with van der Waals surface area (Å²) < 4.78 is 9.93. The van der Waals surface area contributed by atoms with E-state index in [0.29, 0.717) is 5.75 Å². The summed E-state index contributed by atoms with van der Waals surface area (Å²) in [4.78, 5) is 12.2. The van der Waals surface area contributed by atoms with E-state index in [1.807, 2.05) is 24.5 Å². The average molecular weight is 256 g/mol. The summed E-state index contributed by atoms with van der Waals surface area (Å²) >= 11 is 1.54. The number of rotatable bonds is 5. The first-order chi connectivity index (χ1) is 8.01. The van der Waals surface area contributed by atoms with Crippen LogP contribution >= 0.6 is 11.8 Å². The zero-order valence-corrected chi connectivity index (χ0v) is 10.9. The minimum absolute atomic E-state index is 0.142. The summed E-state index contributed by atoms with van der Waals surface area (Å²) in [6.45, 7) is 1.22. The van der Waals surface area contributed by atoms with Gasteiger partial charge in [-0.3, -0.25) is 0 Å². The maximum absolute atomic E-state index is 11.3. The molecule has 1 aromatic carbocycles. The minimum atomic E-state index is -1.64. The molecule has 0 saturated heterocycles. The molecule has 1 aromatic rings. The Morgan fingerprint density at radius 1 is 1.47 bits per heavy atom. The highest BCUT2D eigenvalue weighted by Crippen LogP contribution is 2.27. The molecule has 0 aliphatic carbocycles. The molecular formula is C12H16O4S. The van der Waals surface area contributed by atoms with Gasteiger partial charge in [0.1, 0.15) is 12.4 Å². The number of para-hydroxylation sites is 1. The van der Waals surface area contributed by atoms with E-state index < -0.39 is 11.6 Å². The Morgan fingerprint density at radius 3 is 2.71 bits per heavy atom. The molecule has 1 atom stereocenters. The van der Waals surface area contributed by atoms with Gasteiger partial charge in [-0.25, -0.2) is 4.79 Å². The van der Waals surface area contributed by atoms with Crippen LogP contribution in [0.3, 0.4) is 0 Å². The first-order valence-corrected chi connectivity index (χ1v) is 6.30. The molecule has 0 saturated carbocycles. The molecule has 0 amide bonds. The molecule has 5 heteroatoms. The van der Waals surface area contributed by atoms with Gasteiger partial charge in [-0.2, -0.15) is 0 Å². The van der Waals surface area contributed by atoms with Crippen LogP contribution in [0, 0.1) is 0 Å². The van der Waals surface area contributed by atoms with Crippen LogP contribution in [-0.4, -0.2) is 36.6 Å². The highest BCUT2D eigenvalue weighted by atomic mass is 32.2. The molecule has 0 aliphatic rings. The second-order valence-corrected chi connectivity index (χ2v) is 4.55. The second-order valence-electron chi connectivity index (χ2n) is 3.70. The lowest BCUT2D eigenvalue weighted by Gasteiger charge is -2.21. The minimum Gasteiger partial charge on any atom is -0.489 e. The molecule has 1 N–H and O–H groups in total. The van der Waals surface area contributed by atoms with Crippen LogP contribution in [0.15, 0.2) is 29.2 Å². The first-order valence-electron chi connectivity index (χ1n) is 5.08. The Balaban J connectivity index is 2.70. The maximum atomic E-state index is 11.3. The van der Waals surface area contributed by atoms with Gasteiger partial charge in [0.05, 0.1) is 7.11 Å². The van der Waals surface area contributed by atoms with Gasteiger partial charge >= 0.3 is 5.97 Å². The largest absolute Gasteiger partial charge is 0.489 e. The molecule has 94 valence electrons. The fourth-order valence-corrected chi connectivity index (χ4v) is 1.78. The van der Waals surface area contributed by atoms with Gasteiger partial charge in [0.15, 0.2) is 5.60 Å². The zero-order chi connectivity index (χ0) is 12.9. The third-order valence-electron chi connectivity index (χ3n) is 2.20. The Hall–Kier alpha value is -1.20. The molecule has 0 heterocycles. The van der Waals surface area contributed by atoms with Crippen LogP contribution in [0.2, 0.25) is 0 Å². The van der Waals surface area contributed by atoms with Crippen molar-refractivity contribution in [3.63, 3.8) is 0 Å². The summed E-state index contributed by atoms with van der Waals surface area (Å²) in [5, 5.41) is 9.80. The standard InChI is InChI=1S/C12H16O4S/c1-12(14,11(13)15-2)8-16-9-6-4-5-7-10(9)17-3/h4-7,14H,8H2,1-3H3. The van der Waals surface area contributed by atoms with Gasteiger partial charge in [0.25, 0.3) is 0 Å². The van der Waals surface area contributed by atoms with E-state index in [2.05, 4.69) is 4.74 Å². The number of ether oxygens (including phenoxy) is 2. The van der Waals surface area contributed by atoms with E-state index in [0.717, 1.165) is 4.90 Å². The summed E-state index contributed by atoms with van der Waals surface area (Å²) in [5.74, 6) is -0.0664. The number of aliphatic hydroxyl groups is 1. The predicted octanol–water partition coefficient (Wildman–Crippen LogP) is 1.71. The molecule has 1 unspecified atom stereocenters. The number of hydrogen-bond acceptors (Lipinski definition) is 5. The van der Waals surface area contributed by atoms with Gasteiger partial charge in [0.2, 0.25) is 0 Å². The zero-order valence-electron chi connectivity index (χ0n) is 10.1. The van der Waals surface area contributed by atoms with Gasteiger partial charge in [-0.1, -0.05) is 12.1 Å². The van der Waals surface area contributed by atoms with Crippen molar-refractivity contribution < 1.29 is 19.4 Å². The molecule has 0 spiro atoms. The van der Waals surface area contributed by atoms with Gasteiger partial charge in [-0.05, 0) is 25.3 Å². The second kappa shape index (κ2) is 5.93. The Morgan fingerprint density at radius 2 is 2.12 bits per heavy atom. The molecule has 0 fully saturated rings. The summed E-state index contributed by atoms with van der Waals surface area (Å²) in [7, 11) is 1.23. The van der Waals surface area contributed by atoms with Crippen LogP contribution in [0.1, 0.15) is 6.92 Å². The highest BCUT2D eigenvalue weighted by Gasteiger charge is 2.32. The van der Waals surface area contributed by atoms with Crippen LogP contribution in [0.25, 0.3) is 0 Å². The third-order valence-corrected chi connectivity index (χ3v) is 2.98. The van der Waals surface area contributed by atoms with Crippen molar-refractivity contribution in [2.75, 3.05) is 20.0 Å². The lowest BCUT2D eigenvalue weighted by molar-refractivity contribution is -0.163. The van der Waals surface area contributed by atoms with E-state index in [4.69, 9.17) is 4.74 Å². The molecule has 0 radical (unpaired) electrons. The number of methoxy groups -OCH3 is 1. The predicted molar refractivity (Wildman–Crippen MR) is 66.4 cm³/mol. The van der Waals surface area contributed by atoms with E-state index in [1.54, 1.807) is 6.07 Å². The van der Waals surface area contributed by atoms with E-state index in [9.17, 15) is 9.90 Å². The molecule has 4 nitrogen and oxygen atoms in total. The van der Waals surface area contributed by atoms with Crippen LogP contribution in [-0.2, 0) is 9.53 Å². The van der Waals surface area contributed by atoms with E-state index >= 15 is 0 Å². The Bertz CT molecular complexity index is 390. The smallest absolute Gasteiger partial charge is 0.341 e. The Kier molecular flexibility index (Phi) is 4.84. The molecule has 17 heavy (non-hydrogen) atoms. The van der Waals surface area contributed by atoms with Gasteiger partial charge in [0, 0.05) is 4.90 Å². The van der Waals surface area contributed by atoms with Crippen molar-refractivity contribution in [2.24, 2.45) is 0 Å². The fourth-order valence-electron chi connectivity index (χ4n) is 1.24. The summed E-state index contributed by atoms with van der Waals surface area (Å²) in [5.41, 5.74) is -1.64. The van der Waals surface area contributed by atoms with Crippen molar-refractivity contribution in [1.29, 1.82) is 0 Å². The molecule has 1 rings (SSSR count). The summed E-state index contributed by atoms with van der Waals surface area (Å²) in [6.07, 6.45) is 1.93. The van der Waals surface area contributed by atoms with Gasteiger partial charge < -0.3 is 14.6 Å². The van der Waals surface area contributed by atoms with Gasteiger partial charge in [-0.15, -0.1) is 11.8 Å². The third kappa shape index (κ3) is 3.64. The van der Waals surface area contributed by atoms with Crippen molar-refractivity contribution >= 4 is 17.7 Å². The fraction of sp³-hybridized carbons (Fsp3) is 0.417. The summed E-state index contributed by atoms with van der Waals surface area (Å²) in [6, 6.07) is 7.44. The van der Waals surface area contributed by atoms with E-state index in [-0.39, 0.29) is 6.61 Å². The van der Waals surface area contributed by atoms with Crippen molar-refractivity contribution in [1.82, 2.24) is 0 Å². The quantitative estimate of drug-likeness (QED) is 0.642.